The summed E-state index contributed by atoms with van der Waals surface area (Å²) >= 11 is 5.97. The molecule has 23 heavy (non-hydrogen) atoms. The van der Waals surface area contributed by atoms with Gasteiger partial charge in [0.2, 0.25) is 5.91 Å². The van der Waals surface area contributed by atoms with Crippen molar-refractivity contribution in [3.63, 3.8) is 0 Å². The number of hydrogen-bond donors (Lipinski definition) is 1. The third-order valence-corrected chi connectivity index (χ3v) is 4.13. The number of aromatic nitrogens is 2. The molecule has 1 aromatic carbocycles. The van der Waals surface area contributed by atoms with E-state index >= 15 is 0 Å². The first-order valence-corrected chi connectivity index (χ1v) is 8.12. The lowest BCUT2D eigenvalue weighted by molar-refractivity contribution is -0.115. The number of carbonyl (C=O) groups excluding carboxylic acids is 1. The number of benzene rings is 1. The van der Waals surface area contributed by atoms with Crippen LogP contribution in [0.1, 0.15) is 44.0 Å². The summed E-state index contributed by atoms with van der Waals surface area (Å²) in [4.78, 5) is 12.3. The number of nitrogens with one attached hydrogen (secondary N) is 1. The molecule has 2 aromatic rings. The molecule has 1 amide bonds. The van der Waals surface area contributed by atoms with E-state index in [-0.39, 0.29) is 23.4 Å². The summed E-state index contributed by atoms with van der Waals surface area (Å²) < 4.78 is 14.9. The highest BCUT2D eigenvalue weighted by Crippen LogP contribution is 2.23. The second-order valence-electron chi connectivity index (χ2n) is 5.55. The van der Waals surface area contributed by atoms with E-state index in [1.54, 1.807) is 0 Å². The van der Waals surface area contributed by atoms with E-state index in [2.05, 4.69) is 24.3 Å². The Labute approximate surface area is 140 Å². The van der Waals surface area contributed by atoms with Crippen LogP contribution < -0.4 is 5.32 Å². The Hall–Kier alpha value is -1.88. The van der Waals surface area contributed by atoms with Gasteiger partial charge in [-0.3, -0.25) is 4.79 Å². The Bertz CT molecular complexity index is 695. The van der Waals surface area contributed by atoms with E-state index in [4.69, 9.17) is 11.6 Å². The molecular formula is C17H21ClFN3O. The van der Waals surface area contributed by atoms with Crippen LogP contribution in [-0.4, -0.2) is 15.7 Å². The van der Waals surface area contributed by atoms with Crippen LogP contribution in [0.5, 0.6) is 0 Å². The van der Waals surface area contributed by atoms with Gasteiger partial charge >= 0.3 is 0 Å². The molecule has 6 heteroatoms. The zero-order valence-corrected chi connectivity index (χ0v) is 14.3. The monoisotopic (exact) mass is 337 g/mol. The van der Waals surface area contributed by atoms with E-state index in [0.29, 0.717) is 11.4 Å². The molecule has 0 aliphatic rings. The predicted molar refractivity (Wildman–Crippen MR) is 90.3 cm³/mol. The van der Waals surface area contributed by atoms with Gasteiger partial charge in [0.25, 0.3) is 0 Å². The van der Waals surface area contributed by atoms with Gasteiger partial charge in [-0.25, -0.2) is 9.07 Å². The molecule has 1 aromatic heterocycles. The molecule has 0 fully saturated rings. The highest BCUT2D eigenvalue weighted by molar-refractivity contribution is 6.31. The highest BCUT2D eigenvalue weighted by atomic mass is 35.5. The summed E-state index contributed by atoms with van der Waals surface area (Å²) in [7, 11) is 0. The Kier molecular flexibility index (Phi) is 5.77. The molecule has 0 atom stereocenters. The SMILES string of the molecule is CCC(CC)n1nc(C)cc1NC(=O)Cc1ccc(F)cc1Cl. The summed E-state index contributed by atoms with van der Waals surface area (Å²) in [6.45, 7) is 6.08. The third kappa shape index (κ3) is 4.32. The first-order valence-electron chi connectivity index (χ1n) is 7.74. The number of amides is 1. The van der Waals surface area contributed by atoms with Crippen LogP contribution >= 0.6 is 11.6 Å². The van der Waals surface area contributed by atoms with Gasteiger partial charge in [-0.1, -0.05) is 31.5 Å². The van der Waals surface area contributed by atoms with Crippen LogP contribution in [0.3, 0.4) is 0 Å². The highest BCUT2D eigenvalue weighted by Gasteiger charge is 2.16. The van der Waals surface area contributed by atoms with Crippen molar-refractivity contribution in [1.82, 2.24) is 9.78 Å². The van der Waals surface area contributed by atoms with E-state index in [1.807, 2.05) is 17.7 Å². The molecule has 124 valence electrons. The molecule has 0 radical (unpaired) electrons. The number of rotatable bonds is 6. The first kappa shape index (κ1) is 17.5. The first-order chi connectivity index (χ1) is 10.9. The summed E-state index contributed by atoms with van der Waals surface area (Å²) in [5.41, 5.74) is 1.45. The van der Waals surface area contributed by atoms with E-state index in [0.717, 1.165) is 18.5 Å². The molecule has 0 spiro atoms. The van der Waals surface area contributed by atoms with Crippen molar-refractivity contribution in [1.29, 1.82) is 0 Å². The predicted octanol–water partition coefficient (Wildman–Crippen LogP) is 4.53. The van der Waals surface area contributed by atoms with Crippen molar-refractivity contribution in [3.8, 4) is 0 Å². The van der Waals surface area contributed by atoms with Crippen LogP contribution in [0.4, 0.5) is 10.2 Å². The van der Waals surface area contributed by atoms with Crippen LogP contribution in [0.25, 0.3) is 0 Å². The lowest BCUT2D eigenvalue weighted by Crippen LogP contribution is -2.19. The minimum Gasteiger partial charge on any atom is -0.311 e. The molecule has 4 nitrogen and oxygen atoms in total. The number of hydrogen-bond acceptors (Lipinski definition) is 2. The van der Waals surface area contributed by atoms with Crippen molar-refractivity contribution in [2.24, 2.45) is 0 Å². The van der Waals surface area contributed by atoms with Gasteiger partial charge in [-0.05, 0) is 37.5 Å². The molecule has 1 heterocycles. The number of carbonyl (C=O) groups is 1. The number of anilines is 1. The zero-order valence-electron chi connectivity index (χ0n) is 13.6. The van der Waals surface area contributed by atoms with Crippen molar-refractivity contribution in [2.45, 2.75) is 46.1 Å². The van der Waals surface area contributed by atoms with Gasteiger partial charge in [0, 0.05) is 11.1 Å². The van der Waals surface area contributed by atoms with Crippen LogP contribution in [0.2, 0.25) is 5.02 Å². The Balaban J connectivity index is 2.14. The average Bonchev–Trinajstić information content (AvgIpc) is 2.84. The maximum Gasteiger partial charge on any atom is 0.229 e. The van der Waals surface area contributed by atoms with E-state index in [9.17, 15) is 9.18 Å². The normalized spacial score (nSPS) is 11.0. The Morgan fingerprint density at radius 1 is 1.35 bits per heavy atom. The maximum atomic E-state index is 13.1. The molecule has 2 rings (SSSR count). The van der Waals surface area contributed by atoms with Gasteiger partial charge in [-0.2, -0.15) is 5.10 Å². The van der Waals surface area contributed by atoms with Gasteiger partial charge < -0.3 is 5.32 Å². The molecule has 0 saturated heterocycles. The summed E-state index contributed by atoms with van der Waals surface area (Å²) in [6, 6.07) is 6.13. The van der Waals surface area contributed by atoms with Crippen LogP contribution in [0, 0.1) is 12.7 Å². The quantitative estimate of drug-likeness (QED) is 0.842. The van der Waals surface area contributed by atoms with E-state index in [1.165, 1.54) is 18.2 Å². The fourth-order valence-corrected chi connectivity index (χ4v) is 2.78. The fraction of sp³-hybridized carbons (Fsp3) is 0.412. The second kappa shape index (κ2) is 7.59. The fourth-order valence-electron chi connectivity index (χ4n) is 2.55. The van der Waals surface area contributed by atoms with Gasteiger partial charge in [0.15, 0.2) is 0 Å². The summed E-state index contributed by atoms with van der Waals surface area (Å²) in [5, 5.41) is 7.60. The topological polar surface area (TPSA) is 46.9 Å². The van der Waals surface area contributed by atoms with Crippen molar-refractivity contribution in [3.05, 3.63) is 46.4 Å². The Morgan fingerprint density at radius 2 is 2.04 bits per heavy atom. The third-order valence-electron chi connectivity index (χ3n) is 3.78. The number of nitrogens with zero attached hydrogens (tertiary/aromatic N) is 2. The standard InChI is InChI=1S/C17H21ClFN3O/c1-4-14(5-2)22-16(8-11(3)21-22)20-17(23)9-12-6-7-13(19)10-15(12)18/h6-8,10,14H,4-5,9H2,1-3H3,(H,20,23). The molecule has 0 aliphatic carbocycles. The number of halogens is 2. The summed E-state index contributed by atoms with van der Waals surface area (Å²) in [5.74, 6) is 0.0617. The molecule has 0 unspecified atom stereocenters. The molecule has 0 aliphatic heterocycles. The number of aryl methyl sites for hydroxylation is 1. The van der Waals surface area contributed by atoms with Gasteiger partial charge in [0.05, 0.1) is 18.2 Å². The molecule has 1 N–H and O–H groups in total. The van der Waals surface area contributed by atoms with E-state index < -0.39 is 5.82 Å². The lowest BCUT2D eigenvalue weighted by atomic mass is 10.1. The van der Waals surface area contributed by atoms with Crippen molar-refractivity contribution < 1.29 is 9.18 Å². The minimum absolute atomic E-state index is 0.0895. The van der Waals surface area contributed by atoms with Crippen LogP contribution in [-0.2, 0) is 11.2 Å². The van der Waals surface area contributed by atoms with Gasteiger partial charge in [-0.15, -0.1) is 0 Å². The van der Waals surface area contributed by atoms with Gasteiger partial charge in [0.1, 0.15) is 11.6 Å². The van der Waals surface area contributed by atoms with Crippen molar-refractivity contribution >= 4 is 23.3 Å². The smallest absolute Gasteiger partial charge is 0.229 e. The Morgan fingerprint density at radius 3 is 2.65 bits per heavy atom. The molecule has 0 bridgehead atoms. The minimum atomic E-state index is -0.415. The summed E-state index contributed by atoms with van der Waals surface area (Å²) in [6.07, 6.45) is 1.96. The molecular weight excluding hydrogens is 317 g/mol. The molecule has 0 saturated carbocycles. The zero-order chi connectivity index (χ0) is 17.0. The van der Waals surface area contributed by atoms with Crippen molar-refractivity contribution in [2.75, 3.05) is 5.32 Å². The largest absolute Gasteiger partial charge is 0.311 e. The average molecular weight is 338 g/mol. The maximum absolute atomic E-state index is 13.1. The van der Waals surface area contributed by atoms with Crippen LogP contribution in [0.15, 0.2) is 24.3 Å². The second-order valence-corrected chi connectivity index (χ2v) is 5.95. The lowest BCUT2D eigenvalue weighted by Gasteiger charge is -2.17.